The minimum Gasteiger partial charge on any atom is -0.493 e. The molecule has 0 aliphatic carbocycles. The molecular formula is C17H15ClO3. The van der Waals surface area contributed by atoms with Crippen LogP contribution >= 0.6 is 11.6 Å². The van der Waals surface area contributed by atoms with Gasteiger partial charge in [0.2, 0.25) is 0 Å². The number of carboxylic acids is 1. The number of aliphatic carboxylic acids is 1. The highest BCUT2D eigenvalue weighted by molar-refractivity contribution is 6.31. The van der Waals surface area contributed by atoms with Crippen LogP contribution in [0.15, 0.2) is 48.5 Å². The Morgan fingerprint density at radius 3 is 2.71 bits per heavy atom. The van der Waals surface area contributed by atoms with E-state index in [9.17, 15) is 9.90 Å². The van der Waals surface area contributed by atoms with Crippen molar-refractivity contribution in [3.8, 4) is 5.75 Å². The Morgan fingerprint density at radius 1 is 1.24 bits per heavy atom. The van der Waals surface area contributed by atoms with Crippen molar-refractivity contribution in [2.45, 2.75) is 18.3 Å². The molecule has 21 heavy (non-hydrogen) atoms. The van der Waals surface area contributed by atoms with Crippen molar-refractivity contribution in [2.24, 2.45) is 0 Å². The number of halogens is 1. The molecule has 2 aromatic rings. The summed E-state index contributed by atoms with van der Waals surface area (Å²) in [7, 11) is 0. The van der Waals surface area contributed by atoms with Gasteiger partial charge >= 0.3 is 5.97 Å². The molecule has 2 unspecified atom stereocenters. The predicted octanol–water partition coefficient (Wildman–Crippen LogP) is 4.07. The second-order valence-electron chi connectivity index (χ2n) is 5.19. The molecule has 0 aromatic heterocycles. The molecule has 1 aliphatic heterocycles. The van der Waals surface area contributed by atoms with Crippen LogP contribution in [0, 0.1) is 0 Å². The Labute approximate surface area is 128 Å². The molecule has 0 fully saturated rings. The first-order valence-electron chi connectivity index (χ1n) is 6.85. The van der Waals surface area contributed by atoms with Crippen LogP contribution in [0.5, 0.6) is 5.75 Å². The van der Waals surface area contributed by atoms with Gasteiger partial charge in [-0.25, -0.2) is 0 Å². The van der Waals surface area contributed by atoms with Crippen molar-refractivity contribution in [3.05, 3.63) is 64.7 Å². The van der Waals surface area contributed by atoms with Crippen molar-refractivity contribution in [2.75, 3.05) is 6.61 Å². The normalized spacial score (nSPS) is 17.9. The molecule has 0 bridgehead atoms. The van der Waals surface area contributed by atoms with Crippen molar-refractivity contribution in [1.29, 1.82) is 0 Å². The highest BCUT2D eigenvalue weighted by Crippen LogP contribution is 2.40. The molecule has 1 N–H and O–H groups in total. The third-order valence-corrected chi connectivity index (χ3v) is 4.24. The maximum atomic E-state index is 11.7. The van der Waals surface area contributed by atoms with E-state index < -0.39 is 11.9 Å². The third kappa shape index (κ3) is 2.74. The lowest BCUT2D eigenvalue weighted by atomic mass is 9.86. The van der Waals surface area contributed by atoms with Crippen LogP contribution in [0.4, 0.5) is 0 Å². The number of carboxylic acid groups (broad SMARTS) is 1. The highest BCUT2D eigenvalue weighted by Gasteiger charge is 2.31. The largest absolute Gasteiger partial charge is 0.493 e. The summed E-state index contributed by atoms with van der Waals surface area (Å²) >= 11 is 6.15. The van der Waals surface area contributed by atoms with E-state index in [1.54, 1.807) is 18.2 Å². The van der Waals surface area contributed by atoms with E-state index in [0.717, 1.165) is 11.3 Å². The Hall–Kier alpha value is -2.00. The molecule has 108 valence electrons. The zero-order valence-corrected chi connectivity index (χ0v) is 12.1. The van der Waals surface area contributed by atoms with Crippen LogP contribution in [-0.4, -0.2) is 17.7 Å². The van der Waals surface area contributed by atoms with Crippen LogP contribution in [-0.2, 0) is 4.79 Å². The van der Waals surface area contributed by atoms with E-state index in [4.69, 9.17) is 16.3 Å². The fourth-order valence-electron chi connectivity index (χ4n) is 2.83. The fourth-order valence-corrected chi connectivity index (χ4v) is 3.09. The van der Waals surface area contributed by atoms with Gasteiger partial charge in [0.25, 0.3) is 0 Å². The lowest BCUT2D eigenvalue weighted by Gasteiger charge is -2.18. The topological polar surface area (TPSA) is 46.5 Å². The van der Waals surface area contributed by atoms with E-state index in [2.05, 4.69) is 0 Å². The van der Waals surface area contributed by atoms with Gasteiger partial charge in [0.1, 0.15) is 5.75 Å². The number of benzene rings is 2. The van der Waals surface area contributed by atoms with Gasteiger partial charge in [-0.2, -0.15) is 0 Å². The standard InChI is InChI=1S/C17H15ClO3/c18-15-7-3-1-6-13(15)14(17(19)20)9-11-10-21-16-8-4-2-5-12(11)16/h1-8,11,14H,9-10H2,(H,19,20). The quantitative estimate of drug-likeness (QED) is 0.926. The molecule has 1 heterocycles. The van der Waals surface area contributed by atoms with Crippen LogP contribution in [0.2, 0.25) is 5.02 Å². The van der Waals surface area contributed by atoms with Gasteiger partial charge in [0, 0.05) is 16.5 Å². The smallest absolute Gasteiger partial charge is 0.311 e. The minimum atomic E-state index is -0.854. The second kappa shape index (κ2) is 5.78. The molecule has 0 amide bonds. The summed E-state index contributed by atoms with van der Waals surface area (Å²) < 4.78 is 5.63. The van der Waals surface area contributed by atoms with Gasteiger partial charge in [-0.1, -0.05) is 48.0 Å². The van der Waals surface area contributed by atoms with Gasteiger partial charge in [0.05, 0.1) is 12.5 Å². The number of fused-ring (bicyclic) bond motifs is 1. The molecular weight excluding hydrogens is 288 g/mol. The molecule has 0 spiro atoms. The minimum absolute atomic E-state index is 0.0820. The van der Waals surface area contributed by atoms with Crippen LogP contribution in [0.1, 0.15) is 29.4 Å². The molecule has 0 saturated carbocycles. The average Bonchev–Trinajstić information content (AvgIpc) is 2.89. The zero-order chi connectivity index (χ0) is 14.8. The predicted molar refractivity (Wildman–Crippen MR) is 81.1 cm³/mol. The second-order valence-corrected chi connectivity index (χ2v) is 5.60. The SMILES string of the molecule is O=C(O)C(CC1COc2ccccc21)c1ccccc1Cl. The zero-order valence-electron chi connectivity index (χ0n) is 11.3. The lowest BCUT2D eigenvalue weighted by molar-refractivity contribution is -0.139. The molecule has 0 radical (unpaired) electrons. The van der Waals surface area contributed by atoms with E-state index in [1.165, 1.54) is 0 Å². The summed E-state index contributed by atoms with van der Waals surface area (Å²) in [6, 6.07) is 14.9. The molecule has 3 rings (SSSR count). The number of para-hydroxylation sites is 1. The van der Waals surface area contributed by atoms with E-state index in [1.807, 2.05) is 30.3 Å². The van der Waals surface area contributed by atoms with Gasteiger partial charge < -0.3 is 9.84 Å². The average molecular weight is 303 g/mol. The molecule has 2 atom stereocenters. The van der Waals surface area contributed by atoms with Gasteiger partial charge in [-0.15, -0.1) is 0 Å². The summed E-state index contributed by atoms with van der Waals surface area (Å²) in [5.41, 5.74) is 1.74. The molecule has 3 nitrogen and oxygen atoms in total. The summed E-state index contributed by atoms with van der Waals surface area (Å²) in [5.74, 6) is -0.546. The Bertz CT molecular complexity index is 669. The number of ether oxygens (including phenoxy) is 1. The van der Waals surface area contributed by atoms with Gasteiger partial charge in [-0.3, -0.25) is 4.79 Å². The Kier molecular flexibility index (Phi) is 3.84. The molecule has 1 aliphatic rings. The van der Waals surface area contributed by atoms with Gasteiger partial charge in [-0.05, 0) is 24.1 Å². The Balaban J connectivity index is 1.88. The van der Waals surface area contributed by atoms with E-state index >= 15 is 0 Å². The van der Waals surface area contributed by atoms with Crippen LogP contribution in [0.3, 0.4) is 0 Å². The summed E-state index contributed by atoms with van der Waals surface area (Å²) in [4.78, 5) is 11.7. The summed E-state index contributed by atoms with van der Waals surface area (Å²) in [6.45, 7) is 0.521. The van der Waals surface area contributed by atoms with E-state index in [0.29, 0.717) is 23.6 Å². The maximum Gasteiger partial charge on any atom is 0.311 e. The van der Waals surface area contributed by atoms with Crippen LogP contribution in [0.25, 0.3) is 0 Å². The summed E-state index contributed by atoms with van der Waals surface area (Å²) in [6.07, 6.45) is 0.482. The molecule has 4 heteroatoms. The monoisotopic (exact) mass is 302 g/mol. The first-order chi connectivity index (χ1) is 10.2. The van der Waals surface area contributed by atoms with Crippen molar-refractivity contribution < 1.29 is 14.6 Å². The van der Waals surface area contributed by atoms with Gasteiger partial charge in [0.15, 0.2) is 0 Å². The molecule has 2 aromatic carbocycles. The lowest BCUT2D eigenvalue weighted by Crippen LogP contribution is -2.16. The number of carbonyl (C=O) groups is 1. The van der Waals surface area contributed by atoms with Crippen LogP contribution < -0.4 is 4.74 Å². The highest BCUT2D eigenvalue weighted by atomic mass is 35.5. The van der Waals surface area contributed by atoms with Crippen molar-refractivity contribution in [3.63, 3.8) is 0 Å². The third-order valence-electron chi connectivity index (χ3n) is 3.90. The summed E-state index contributed by atoms with van der Waals surface area (Å²) in [5, 5.41) is 10.1. The van der Waals surface area contributed by atoms with E-state index in [-0.39, 0.29) is 5.92 Å². The maximum absolute atomic E-state index is 11.7. The fraction of sp³-hybridized carbons (Fsp3) is 0.235. The first kappa shape index (κ1) is 14.0. The first-order valence-corrected chi connectivity index (χ1v) is 7.23. The van der Waals surface area contributed by atoms with Crippen molar-refractivity contribution in [1.82, 2.24) is 0 Å². The number of hydrogen-bond donors (Lipinski definition) is 1. The molecule has 0 saturated heterocycles. The van der Waals surface area contributed by atoms with Crippen molar-refractivity contribution >= 4 is 17.6 Å². The number of hydrogen-bond acceptors (Lipinski definition) is 2. The Morgan fingerprint density at radius 2 is 1.95 bits per heavy atom. The number of rotatable bonds is 4.